The molecule has 3 aromatic carbocycles. The minimum atomic E-state index is -0.401. The van der Waals surface area contributed by atoms with Crippen LogP contribution in [0.25, 0.3) is 0 Å². The number of aromatic hydroxyl groups is 1. The van der Waals surface area contributed by atoms with Gasteiger partial charge in [-0.15, -0.1) is 0 Å². The molecule has 0 aliphatic heterocycles. The number of phenols is 1. The number of fused-ring (bicyclic) bond motifs is 1. The standard InChI is InChI=1S/C27H25FO5/c1-2-31-27(30)22-15-21(22)16-3-7-18(8-4-16)33-25-13-11-20-24(14-12-23(28)26(20)25)32-19-9-5-17(29)6-10-19/h3-10,12,14,21-22,25,29H,2,11,13,15H2,1H3. The van der Waals surface area contributed by atoms with E-state index in [-0.39, 0.29) is 29.4 Å². The van der Waals surface area contributed by atoms with Crippen LogP contribution in [0.5, 0.6) is 23.0 Å². The summed E-state index contributed by atoms with van der Waals surface area (Å²) in [4.78, 5) is 11.9. The lowest BCUT2D eigenvalue weighted by atomic mass is 10.1. The number of ether oxygens (including phenoxy) is 3. The Labute approximate surface area is 191 Å². The second-order valence-corrected chi connectivity index (χ2v) is 8.45. The fourth-order valence-electron chi connectivity index (χ4n) is 4.53. The lowest BCUT2D eigenvalue weighted by molar-refractivity contribution is -0.144. The number of hydrogen-bond acceptors (Lipinski definition) is 5. The Morgan fingerprint density at radius 2 is 1.76 bits per heavy atom. The first-order valence-corrected chi connectivity index (χ1v) is 11.2. The highest BCUT2D eigenvalue weighted by molar-refractivity contribution is 5.77. The average Bonchev–Trinajstić information content (AvgIpc) is 3.51. The number of benzene rings is 3. The van der Waals surface area contributed by atoms with E-state index in [0.29, 0.717) is 42.3 Å². The van der Waals surface area contributed by atoms with Crippen molar-refractivity contribution in [2.45, 2.75) is 38.2 Å². The average molecular weight is 448 g/mol. The van der Waals surface area contributed by atoms with E-state index >= 15 is 0 Å². The number of esters is 1. The van der Waals surface area contributed by atoms with Crippen molar-refractivity contribution in [1.29, 1.82) is 0 Å². The van der Waals surface area contributed by atoms with Crippen LogP contribution >= 0.6 is 0 Å². The summed E-state index contributed by atoms with van der Waals surface area (Å²) in [6.45, 7) is 2.21. The topological polar surface area (TPSA) is 65.0 Å². The SMILES string of the molecule is CCOC(=O)C1CC1c1ccc(OC2CCc3c(Oc4ccc(O)cc4)ccc(F)c32)cc1. The molecular formula is C27H25FO5. The van der Waals surface area contributed by atoms with Gasteiger partial charge in [0.2, 0.25) is 0 Å². The molecule has 0 amide bonds. The van der Waals surface area contributed by atoms with Gasteiger partial charge >= 0.3 is 5.97 Å². The lowest BCUT2D eigenvalue weighted by Crippen LogP contribution is -2.07. The zero-order valence-corrected chi connectivity index (χ0v) is 18.3. The van der Waals surface area contributed by atoms with Gasteiger partial charge in [-0.05, 0) is 86.2 Å². The zero-order chi connectivity index (χ0) is 22.9. The predicted octanol–water partition coefficient (Wildman–Crippen LogP) is 6.06. The number of rotatable bonds is 7. The van der Waals surface area contributed by atoms with Gasteiger partial charge in [0.25, 0.3) is 0 Å². The van der Waals surface area contributed by atoms with E-state index < -0.39 is 6.10 Å². The van der Waals surface area contributed by atoms with Crippen LogP contribution in [-0.2, 0) is 16.0 Å². The van der Waals surface area contributed by atoms with E-state index in [2.05, 4.69) is 0 Å². The summed E-state index contributed by atoms with van der Waals surface area (Å²) < 4.78 is 32.0. The molecule has 5 rings (SSSR count). The smallest absolute Gasteiger partial charge is 0.309 e. The first-order chi connectivity index (χ1) is 16.0. The van der Waals surface area contributed by atoms with Gasteiger partial charge in [-0.1, -0.05) is 12.1 Å². The molecule has 33 heavy (non-hydrogen) atoms. The Morgan fingerprint density at radius 3 is 2.48 bits per heavy atom. The van der Waals surface area contributed by atoms with Gasteiger partial charge in [-0.2, -0.15) is 0 Å². The van der Waals surface area contributed by atoms with Crippen LogP contribution in [0.4, 0.5) is 4.39 Å². The molecule has 0 spiro atoms. The maximum atomic E-state index is 14.8. The number of hydrogen-bond donors (Lipinski definition) is 1. The molecule has 0 radical (unpaired) electrons. The zero-order valence-electron chi connectivity index (χ0n) is 18.3. The van der Waals surface area contributed by atoms with E-state index in [1.165, 1.54) is 6.07 Å². The molecule has 5 nitrogen and oxygen atoms in total. The van der Waals surface area contributed by atoms with Crippen molar-refractivity contribution in [3.05, 3.63) is 83.2 Å². The third kappa shape index (κ3) is 4.38. The first-order valence-electron chi connectivity index (χ1n) is 11.2. The van der Waals surface area contributed by atoms with Crippen LogP contribution in [0.1, 0.15) is 48.5 Å². The Morgan fingerprint density at radius 1 is 1.03 bits per heavy atom. The molecule has 3 aromatic rings. The number of carbonyl (C=O) groups is 1. The number of carbonyl (C=O) groups excluding carboxylic acids is 1. The molecule has 3 atom stereocenters. The number of phenolic OH excluding ortho intramolecular Hbond substituents is 1. The van der Waals surface area contributed by atoms with E-state index in [1.807, 2.05) is 31.2 Å². The van der Waals surface area contributed by atoms with Gasteiger partial charge in [-0.25, -0.2) is 4.39 Å². The Balaban J connectivity index is 1.29. The highest BCUT2D eigenvalue weighted by Crippen LogP contribution is 2.49. The van der Waals surface area contributed by atoms with Gasteiger partial charge in [0.05, 0.1) is 12.5 Å². The van der Waals surface area contributed by atoms with Crippen LogP contribution in [0.15, 0.2) is 60.7 Å². The summed E-state index contributed by atoms with van der Waals surface area (Å²) in [5.74, 6) is 1.68. The fourth-order valence-corrected chi connectivity index (χ4v) is 4.53. The van der Waals surface area contributed by atoms with Crippen molar-refractivity contribution in [1.82, 2.24) is 0 Å². The highest BCUT2D eigenvalue weighted by atomic mass is 19.1. The quantitative estimate of drug-likeness (QED) is 0.445. The van der Waals surface area contributed by atoms with E-state index in [1.54, 1.807) is 30.3 Å². The second-order valence-electron chi connectivity index (χ2n) is 8.45. The summed E-state index contributed by atoms with van der Waals surface area (Å²) in [6, 6.07) is 17.2. The minimum Gasteiger partial charge on any atom is -0.508 e. The molecule has 3 unspecified atom stereocenters. The molecule has 170 valence electrons. The summed E-state index contributed by atoms with van der Waals surface area (Å²) >= 11 is 0. The second kappa shape index (κ2) is 8.77. The van der Waals surface area contributed by atoms with Gasteiger partial charge in [0, 0.05) is 11.1 Å². The lowest BCUT2D eigenvalue weighted by Gasteiger charge is -2.17. The van der Waals surface area contributed by atoms with E-state index in [9.17, 15) is 14.3 Å². The molecule has 2 aliphatic rings. The van der Waals surface area contributed by atoms with Crippen LogP contribution in [-0.4, -0.2) is 17.7 Å². The van der Waals surface area contributed by atoms with Crippen LogP contribution in [0.3, 0.4) is 0 Å². The maximum absolute atomic E-state index is 14.8. The molecule has 0 aromatic heterocycles. The van der Waals surface area contributed by atoms with E-state index in [4.69, 9.17) is 14.2 Å². The van der Waals surface area contributed by atoms with Crippen molar-refractivity contribution in [2.24, 2.45) is 5.92 Å². The first kappa shape index (κ1) is 21.3. The molecular weight excluding hydrogens is 423 g/mol. The maximum Gasteiger partial charge on any atom is 0.309 e. The van der Waals surface area contributed by atoms with Crippen LogP contribution in [0, 0.1) is 11.7 Å². The summed E-state index contributed by atoms with van der Waals surface area (Å²) in [6.07, 6.45) is 1.70. The Hall–Kier alpha value is -3.54. The molecule has 0 heterocycles. The number of halogens is 1. The Kier molecular flexibility index (Phi) is 5.67. The summed E-state index contributed by atoms with van der Waals surface area (Å²) in [7, 11) is 0. The van der Waals surface area contributed by atoms with Gasteiger partial charge in [0.15, 0.2) is 0 Å². The van der Waals surface area contributed by atoms with Crippen molar-refractivity contribution >= 4 is 5.97 Å². The third-order valence-electron chi connectivity index (χ3n) is 6.27. The monoisotopic (exact) mass is 448 g/mol. The van der Waals surface area contributed by atoms with Crippen molar-refractivity contribution in [3.8, 4) is 23.0 Å². The van der Waals surface area contributed by atoms with Gasteiger partial charge in [-0.3, -0.25) is 4.79 Å². The third-order valence-corrected chi connectivity index (χ3v) is 6.27. The fraction of sp³-hybridized carbons (Fsp3) is 0.296. The van der Waals surface area contributed by atoms with Gasteiger partial charge in [0.1, 0.15) is 34.9 Å². The summed E-state index contributed by atoms with van der Waals surface area (Å²) in [5.41, 5.74) is 2.42. The van der Waals surface area contributed by atoms with Crippen molar-refractivity contribution in [2.75, 3.05) is 6.61 Å². The van der Waals surface area contributed by atoms with Crippen LogP contribution < -0.4 is 9.47 Å². The molecule has 1 N–H and O–H groups in total. The van der Waals surface area contributed by atoms with E-state index in [0.717, 1.165) is 17.5 Å². The molecule has 2 aliphatic carbocycles. The molecule has 0 saturated heterocycles. The molecule has 1 fully saturated rings. The molecule has 1 saturated carbocycles. The van der Waals surface area contributed by atoms with Crippen molar-refractivity contribution in [3.63, 3.8) is 0 Å². The van der Waals surface area contributed by atoms with Gasteiger partial charge < -0.3 is 19.3 Å². The molecule has 0 bridgehead atoms. The minimum absolute atomic E-state index is 0.0560. The Bertz CT molecular complexity index is 1160. The summed E-state index contributed by atoms with van der Waals surface area (Å²) in [5, 5.41) is 9.46. The van der Waals surface area contributed by atoms with Crippen molar-refractivity contribution < 1.29 is 28.5 Å². The largest absolute Gasteiger partial charge is 0.508 e. The molecule has 6 heteroatoms. The predicted molar refractivity (Wildman–Crippen MR) is 120 cm³/mol. The van der Waals surface area contributed by atoms with Crippen LogP contribution in [0.2, 0.25) is 0 Å². The normalized spacial score (nSPS) is 20.7. The highest BCUT2D eigenvalue weighted by Gasteiger charge is 2.45.